The molecule has 1 atom stereocenters. The molecule has 0 aliphatic rings. The summed E-state index contributed by atoms with van der Waals surface area (Å²) in [5.74, 6) is 0. The molecule has 0 bridgehead atoms. The average molecular weight is 236 g/mol. The van der Waals surface area contributed by atoms with Gasteiger partial charge in [-0.3, -0.25) is 4.68 Å². The SMILES string of the molecule is Cc1cc(Cl)cc(C(N)c2ccnn2C)c1. The number of hydrogen-bond acceptors (Lipinski definition) is 2. The minimum Gasteiger partial charge on any atom is -0.319 e. The minimum absolute atomic E-state index is 0.190. The van der Waals surface area contributed by atoms with Crippen molar-refractivity contribution >= 4 is 11.6 Å². The molecule has 0 saturated heterocycles. The molecule has 1 aromatic carbocycles. The number of nitrogens with two attached hydrogens (primary N) is 1. The Balaban J connectivity index is 2.41. The van der Waals surface area contributed by atoms with Gasteiger partial charge >= 0.3 is 0 Å². The number of aromatic nitrogens is 2. The highest BCUT2D eigenvalue weighted by molar-refractivity contribution is 6.30. The zero-order valence-electron chi connectivity index (χ0n) is 9.31. The van der Waals surface area contributed by atoms with Gasteiger partial charge < -0.3 is 5.73 Å². The van der Waals surface area contributed by atoms with Crippen LogP contribution < -0.4 is 5.73 Å². The second-order valence-corrected chi connectivity index (χ2v) is 4.36. The van der Waals surface area contributed by atoms with Crippen LogP contribution in [0.25, 0.3) is 0 Å². The number of halogens is 1. The molecule has 2 rings (SSSR count). The van der Waals surface area contributed by atoms with Gasteiger partial charge in [0.1, 0.15) is 0 Å². The third-order valence-electron chi connectivity index (χ3n) is 2.60. The maximum Gasteiger partial charge on any atom is 0.0723 e. The van der Waals surface area contributed by atoms with E-state index in [4.69, 9.17) is 17.3 Å². The predicted molar refractivity (Wildman–Crippen MR) is 65.4 cm³/mol. The fourth-order valence-corrected chi connectivity index (χ4v) is 2.10. The van der Waals surface area contributed by atoms with Crippen LogP contribution in [0.5, 0.6) is 0 Å². The Kier molecular flexibility index (Phi) is 2.99. The van der Waals surface area contributed by atoms with Gasteiger partial charge in [-0.05, 0) is 36.2 Å². The van der Waals surface area contributed by atoms with Crippen LogP contribution in [0.4, 0.5) is 0 Å². The highest BCUT2D eigenvalue weighted by Crippen LogP contribution is 2.23. The lowest BCUT2D eigenvalue weighted by Crippen LogP contribution is -2.16. The molecule has 2 N–H and O–H groups in total. The van der Waals surface area contributed by atoms with Crippen molar-refractivity contribution in [2.24, 2.45) is 12.8 Å². The Morgan fingerprint density at radius 2 is 2.12 bits per heavy atom. The first-order valence-electron chi connectivity index (χ1n) is 5.08. The summed E-state index contributed by atoms with van der Waals surface area (Å²) in [6, 6.07) is 7.59. The van der Waals surface area contributed by atoms with Crippen LogP contribution in [0.3, 0.4) is 0 Å². The fourth-order valence-electron chi connectivity index (χ4n) is 1.80. The Hall–Kier alpha value is -1.32. The van der Waals surface area contributed by atoms with Crippen LogP contribution in [0, 0.1) is 6.92 Å². The van der Waals surface area contributed by atoms with Gasteiger partial charge in [0.15, 0.2) is 0 Å². The quantitative estimate of drug-likeness (QED) is 0.869. The standard InChI is InChI=1S/C12H14ClN3/c1-8-5-9(7-10(13)6-8)12(14)11-3-4-15-16(11)2/h3-7,12H,14H2,1-2H3. The van der Waals surface area contributed by atoms with Gasteiger partial charge in [0.2, 0.25) is 0 Å². The van der Waals surface area contributed by atoms with Crippen LogP contribution in [0.1, 0.15) is 22.9 Å². The number of nitrogens with zero attached hydrogens (tertiary/aromatic N) is 2. The monoisotopic (exact) mass is 235 g/mol. The summed E-state index contributed by atoms with van der Waals surface area (Å²) in [6.45, 7) is 2.01. The van der Waals surface area contributed by atoms with Gasteiger partial charge in [0.25, 0.3) is 0 Å². The number of hydrogen-bond donors (Lipinski definition) is 1. The Morgan fingerprint density at radius 1 is 1.38 bits per heavy atom. The average Bonchev–Trinajstić information content (AvgIpc) is 2.62. The molecule has 1 heterocycles. The third-order valence-corrected chi connectivity index (χ3v) is 2.82. The second kappa shape index (κ2) is 4.28. The summed E-state index contributed by atoms with van der Waals surface area (Å²) < 4.78 is 1.78. The zero-order valence-corrected chi connectivity index (χ0v) is 10.1. The van der Waals surface area contributed by atoms with Gasteiger partial charge in [-0.2, -0.15) is 5.10 Å². The maximum atomic E-state index is 6.18. The van der Waals surface area contributed by atoms with E-state index in [1.165, 1.54) is 0 Å². The van der Waals surface area contributed by atoms with Crippen LogP contribution in [-0.4, -0.2) is 9.78 Å². The van der Waals surface area contributed by atoms with Crippen molar-refractivity contribution in [2.45, 2.75) is 13.0 Å². The van der Waals surface area contributed by atoms with Crippen molar-refractivity contribution in [3.8, 4) is 0 Å². The molecule has 1 aromatic heterocycles. The molecule has 0 spiro atoms. The topological polar surface area (TPSA) is 43.8 Å². The van der Waals surface area contributed by atoms with Crippen molar-refractivity contribution in [3.05, 3.63) is 52.3 Å². The maximum absolute atomic E-state index is 6.18. The molecule has 0 radical (unpaired) electrons. The molecule has 0 saturated carbocycles. The Morgan fingerprint density at radius 3 is 2.69 bits per heavy atom. The van der Waals surface area contributed by atoms with Crippen molar-refractivity contribution < 1.29 is 0 Å². The minimum atomic E-state index is -0.190. The Labute approximate surface area is 99.8 Å². The molecule has 84 valence electrons. The molecular formula is C12H14ClN3. The summed E-state index contributed by atoms with van der Waals surface area (Å²) in [6.07, 6.45) is 1.74. The van der Waals surface area contributed by atoms with E-state index in [1.54, 1.807) is 10.9 Å². The predicted octanol–water partition coefficient (Wildman–Crippen LogP) is 2.43. The lowest BCUT2D eigenvalue weighted by Gasteiger charge is -2.13. The molecule has 0 aliphatic heterocycles. The van der Waals surface area contributed by atoms with E-state index in [1.807, 2.05) is 38.2 Å². The first-order chi connectivity index (χ1) is 7.58. The van der Waals surface area contributed by atoms with Crippen molar-refractivity contribution in [2.75, 3.05) is 0 Å². The molecule has 0 amide bonds. The van der Waals surface area contributed by atoms with E-state index < -0.39 is 0 Å². The number of benzene rings is 1. The van der Waals surface area contributed by atoms with E-state index in [-0.39, 0.29) is 6.04 Å². The van der Waals surface area contributed by atoms with Crippen molar-refractivity contribution in [3.63, 3.8) is 0 Å². The molecule has 0 aliphatic carbocycles. The van der Waals surface area contributed by atoms with Crippen molar-refractivity contribution in [1.82, 2.24) is 9.78 Å². The van der Waals surface area contributed by atoms with E-state index in [0.717, 1.165) is 16.8 Å². The molecule has 0 fully saturated rings. The molecule has 1 unspecified atom stereocenters. The smallest absolute Gasteiger partial charge is 0.0723 e. The number of aryl methyl sites for hydroxylation is 2. The van der Waals surface area contributed by atoms with Gasteiger partial charge in [-0.25, -0.2) is 0 Å². The van der Waals surface area contributed by atoms with E-state index in [2.05, 4.69) is 5.10 Å². The van der Waals surface area contributed by atoms with Gasteiger partial charge in [0.05, 0.1) is 11.7 Å². The molecular weight excluding hydrogens is 222 g/mol. The first kappa shape index (κ1) is 11.2. The van der Waals surface area contributed by atoms with E-state index in [0.29, 0.717) is 5.02 Å². The second-order valence-electron chi connectivity index (χ2n) is 3.92. The van der Waals surface area contributed by atoms with Gasteiger partial charge in [-0.1, -0.05) is 17.7 Å². The third kappa shape index (κ3) is 2.10. The first-order valence-corrected chi connectivity index (χ1v) is 5.46. The summed E-state index contributed by atoms with van der Waals surface area (Å²) >= 11 is 6.02. The van der Waals surface area contributed by atoms with Crippen LogP contribution >= 0.6 is 11.6 Å². The summed E-state index contributed by atoms with van der Waals surface area (Å²) in [5.41, 5.74) is 9.27. The molecule has 2 aromatic rings. The van der Waals surface area contributed by atoms with E-state index >= 15 is 0 Å². The summed E-state index contributed by atoms with van der Waals surface area (Å²) in [4.78, 5) is 0. The fraction of sp³-hybridized carbons (Fsp3) is 0.250. The lowest BCUT2D eigenvalue weighted by atomic mass is 10.0. The normalized spacial score (nSPS) is 12.8. The zero-order chi connectivity index (χ0) is 11.7. The van der Waals surface area contributed by atoms with Gasteiger partial charge in [-0.15, -0.1) is 0 Å². The summed E-state index contributed by atoms with van der Waals surface area (Å²) in [5, 5.41) is 4.83. The molecule has 16 heavy (non-hydrogen) atoms. The number of rotatable bonds is 2. The Bertz CT molecular complexity index is 484. The van der Waals surface area contributed by atoms with Crippen LogP contribution in [-0.2, 0) is 7.05 Å². The van der Waals surface area contributed by atoms with Crippen molar-refractivity contribution in [1.29, 1.82) is 0 Å². The largest absolute Gasteiger partial charge is 0.319 e. The molecule has 4 heteroatoms. The van der Waals surface area contributed by atoms with Crippen LogP contribution in [0.2, 0.25) is 5.02 Å². The highest BCUT2D eigenvalue weighted by Gasteiger charge is 2.13. The summed E-state index contributed by atoms with van der Waals surface area (Å²) in [7, 11) is 1.88. The van der Waals surface area contributed by atoms with E-state index in [9.17, 15) is 0 Å². The van der Waals surface area contributed by atoms with Crippen LogP contribution in [0.15, 0.2) is 30.5 Å². The highest BCUT2D eigenvalue weighted by atomic mass is 35.5. The molecule has 3 nitrogen and oxygen atoms in total. The van der Waals surface area contributed by atoms with Gasteiger partial charge in [0, 0.05) is 18.3 Å². The lowest BCUT2D eigenvalue weighted by molar-refractivity contribution is 0.673.